The topological polar surface area (TPSA) is 69.9 Å². The lowest BCUT2D eigenvalue weighted by Gasteiger charge is -2.34. The molecule has 148 valence electrons. The van der Waals surface area contributed by atoms with Crippen molar-refractivity contribution in [1.82, 2.24) is 15.5 Å². The van der Waals surface area contributed by atoms with Gasteiger partial charge in [0.05, 0.1) is 0 Å². The van der Waals surface area contributed by atoms with E-state index < -0.39 is 0 Å². The molecule has 6 nitrogen and oxygen atoms in total. The largest absolute Gasteiger partial charge is 0.459 e. The zero-order chi connectivity index (χ0) is 18.4. The Bertz CT molecular complexity index is 733. The van der Waals surface area contributed by atoms with Crippen LogP contribution in [-0.2, 0) is 11.3 Å². The number of amides is 1. The van der Waals surface area contributed by atoms with Crippen molar-refractivity contribution in [1.29, 1.82) is 0 Å². The molecule has 2 heterocycles. The second kappa shape index (κ2) is 10.5. The summed E-state index contributed by atoms with van der Waals surface area (Å²) in [6.07, 6.45) is 2.65. The Labute approximate surface area is 177 Å². The number of guanidine groups is 1. The normalized spacial score (nSPS) is 15.5. The zero-order valence-electron chi connectivity index (χ0n) is 16.0. The highest BCUT2D eigenvalue weighted by Gasteiger charge is 2.23. The van der Waals surface area contributed by atoms with Gasteiger partial charge in [-0.25, -0.2) is 4.99 Å². The highest BCUT2D eigenvalue weighted by Crippen LogP contribution is 2.22. The first kappa shape index (κ1) is 21.5. The zero-order valence-corrected chi connectivity index (χ0v) is 18.4. The lowest BCUT2D eigenvalue weighted by Crippen LogP contribution is -2.46. The number of rotatable bonds is 5. The molecule has 1 aromatic heterocycles. The summed E-state index contributed by atoms with van der Waals surface area (Å²) in [5.41, 5.74) is 0.901. The average Bonchev–Trinajstić information content (AvgIpc) is 3.08. The summed E-state index contributed by atoms with van der Waals surface area (Å²) in [4.78, 5) is 18.6. The number of para-hydroxylation sites is 1. The Morgan fingerprint density at radius 1 is 1.30 bits per heavy atom. The molecule has 1 saturated heterocycles. The van der Waals surface area contributed by atoms with Crippen LogP contribution in [0.5, 0.6) is 0 Å². The number of benzene rings is 1. The molecule has 7 heteroatoms. The van der Waals surface area contributed by atoms with Gasteiger partial charge in [-0.3, -0.25) is 4.79 Å². The molecule has 3 rings (SSSR count). The number of aliphatic imine (C=N–C) groups is 1. The van der Waals surface area contributed by atoms with E-state index in [2.05, 4.69) is 34.6 Å². The van der Waals surface area contributed by atoms with Crippen molar-refractivity contribution >= 4 is 46.8 Å². The summed E-state index contributed by atoms with van der Waals surface area (Å²) in [5.74, 6) is 2.39. The summed E-state index contributed by atoms with van der Waals surface area (Å²) in [6, 6.07) is 10.1. The Kier molecular flexibility index (Phi) is 8.40. The number of fused-ring (bicyclic) bond motifs is 1. The minimum Gasteiger partial charge on any atom is -0.459 e. The van der Waals surface area contributed by atoms with E-state index in [9.17, 15) is 4.79 Å². The van der Waals surface area contributed by atoms with Gasteiger partial charge < -0.3 is 20.0 Å². The second-order valence-corrected chi connectivity index (χ2v) is 6.73. The minimum absolute atomic E-state index is 0. The highest BCUT2D eigenvalue weighted by atomic mass is 127. The van der Waals surface area contributed by atoms with Crippen molar-refractivity contribution in [3.8, 4) is 0 Å². The molecule has 1 amide bonds. The molecule has 2 N–H and O–H groups in total. The Morgan fingerprint density at radius 2 is 2.04 bits per heavy atom. The molecule has 0 aliphatic carbocycles. The van der Waals surface area contributed by atoms with E-state index in [4.69, 9.17) is 9.41 Å². The van der Waals surface area contributed by atoms with Crippen LogP contribution >= 0.6 is 24.0 Å². The van der Waals surface area contributed by atoms with E-state index in [1.54, 1.807) is 7.05 Å². The number of carbonyl (C=O) groups is 1. The molecule has 0 radical (unpaired) electrons. The maximum Gasteiger partial charge on any atom is 0.220 e. The first-order valence-electron chi connectivity index (χ1n) is 9.41. The van der Waals surface area contributed by atoms with Gasteiger partial charge in [-0.2, -0.15) is 0 Å². The third-order valence-electron chi connectivity index (χ3n) is 4.86. The van der Waals surface area contributed by atoms with Crippen LogP contribution in [0.3, 0.4) is 0 Å². The van der Waals surface area contributed by atoms with E-state index in [1.165, 1.54) is 0 Å². The molecule has 0 spiro atoms. The van der Waals surface area contributed by atoms with Gasteiger partial charge in [0.2, 0.25) is 5.91 Å². The van der Waals surface area contributed by atoms with Gasteiger partial charge in [0.1, 0.15) is 17.9 Å². The van der Waals surface area contributed by atoms with Crippen LogP contribution in [0, 0.1) is 5.92 Å². The predicted octanol–water partition coefficient (Wildman–Crippen LogP) is 3.36. The summed E-state index contributed by atoms with van der Waals surface area (Å²) >= 11 is 0. The van der Waals surface area contributed by atoms with Gasteiger partial charge in [-0.15, -0.1) is 24.0 Å². The number of nitrogens with one attached hydrogen (secondary N) is 2. The van der Waals surface area contributed by atoms with Crippen molar-refractivity contribution < 1.29 is 9.21 Å². The molecule has 0 bridgehead atoms. The van der Waals surface area contributed by atoms with E-state index >= 15 is 0 Å². The Morgan fingerprint density at radius 3 is 2.70 bits per heavy atom. The van der Waals surface area contributed by atoms with E-state index in [-0.39, 0.29) is 29.9 Å². The number of furan rings is 1. The van der Waals surface area contributed by atoms with Crippen molar-refractivity contribution in [2.45, 2.75) is 32.7 Å². The van der Waals surface area contributed by atoms with Crippen LogP contribution in [-0.4, -0.2) is 43.4 Å². The highest BCUT2D eigenvalue weighted by molar-refractivity contribution is 14.0. The number of carbonyl (C=O) groups excluding carboxylic acids is 1. The van der Waals surface area contributed by atoms with Gasteiger partial charge in [-0.1, -0.05) is 18.2 Å². The van der Waals surface area contributed by atoms with Crippen LogP contribution in [0.2, 0.25) is 0 Å². The molecule has 1 aliphatic heterocycles. The van der Waals surface area contributed by atoms with Crippen LogP contribution in [0.25, 0.3) is 11.0 Å². The fourth-order valence-corrected chi connectivity index (χ4v) is 3.41. The molecular weight excluding hydrogens is 455 g/mol. The van der Waals surface area contributed by atoms with Gasteiger partial charge >= 0.3 is 0 Å². The molecule has 0 atom stereocenters. The average molecular weight is 484 g/mol. The molecule has 1 fully saturated rings. The quantitative estimate of drug-likeness (QED) is 0.388. The van der Waals surface area contributed by atoms with E-state index in [1.807, 2.05) is 18.2 Å². The number of likely N-dealkylation sites (tertiary alicyclic amines) is 1. The standard InChI is InChI=1S/C20H28N4O2.HI/c1-3-22-20(24-10-8-15(9-11-24)12-19(25)21-2)23-14-17-13-16-6-4-5-7-18(16)26-17;/h4-7,13,15H,3,8-12,14H2,1-2H3,(H,21,25)(H,22,23);1H. The SMILES string of the molecule is CCNC(=NCc1cc2ccccc2o1)N1CCC(CC(=O)NC)CC1.I. The number of hydrogen-bond donors (Lipinski definition) is 2. The number of halogens is 1. The fraction of sp³-hybridized carbons (Fsp3) is 0.500. The van der Waals surface area contributed by atoms with Crippen molar-refractivity contribution in [3.63, 3.8) is 0 Å². The van der Waals surface area contributed by atoms with Crippen LogP contribution in [0.4, 0.5) is 0 Å². The molecular formula is C20H29IN4O2. The summed E-state index contributed by atoms with van der Waals surface area (Å²) < 4.78 is 5.86. The smallest absolute Gasteiger partial charge is 0.220 e. The summed E-state index contributed by atoms with van der Waals surface area (Å²) in [7, 11) is 1.70. The Hall–Kier alpha value is -1.77. The van der Waals surface area contributed by atoms with E-state index in [0.29, 0.717) is 18.9 Å². The number of hydrogen-bond acceptors (Lipinski definition) is 3. The monoisotopic (exact) mass is 484 g/mol. The van der Waals surface area contributed by atoms with Crippen LogP contribution in [0.15, 0.2) is 39.7 Å². The minimum atomic E-state index is 0. The first-order valence-corrected chi connectivity index (χ1v) is 9.41. The van der Waals surface area contributed by atoms with Crippen LogP contribution < -0.4 is 10.6 Å². The third kappa shape index (κ3) is 5.85. The van der Waals surface area contributed by atoms with Crippen molar-refractivity contribution in [3.05, 3.63) is 36.1 Å². The van der Waals surface area contributed by atoms with E-state index in [0.717, 1.165) is 55.2 Å². The lowest BCUT2D eigenvalue weighted by atomic mass is 9.93. The van der Waals surface area contributed by atoms with Gasteiger partial charge in [-0.05, 0) is 37.8 Å². The number of nitrogens with zero attached hydrogens (tertiary/aromatic N) is 2. The maximum atomic E-state index is 11.6. The third-order valence-corrected chi connectivity index (χ3v) is 4.86. The maximum absolute atomic E-state index is 11.6. The molecule has 1 aliphatic rings. The van der Waals surface area contributed by atoms with Gasteiger partial charge in [0.15, 0.2) is 5.96 Å². The second-order valence-electron chi connectivity index (χ2n) is 6.73. The summed E-state index contributed by atoms with van der Waals surface area (Å²) in [6.45, 7) is 5.28. The Balaban J connectivity index is 0.00000261. The molecule has 0 saturated carbocycles. The number of piperidine rings is 1. The lowest BCUT2D eigenvalue weighted by molar-refractivity contribution is -0.121. The molecule has 2 aromatic rings. The van der Waals surface area contributed by atoms with Crippen LogP contribution in [0.1, 0.15) is 31.9 Å². The predicted molar refractivity (Wildman–Crippen MR) is 119 cm³/mol. The molecule has 27 heavy (non-hydrogen) atoms. The van der Waals surface area contributed by atoms with Gasteiger partial charge in [0.25, 0.3) is 0 Å². The van der Waals surface area contributed by atoms with Gasteiger partial charge in [0, 0.05) is 38.5 Å². The molecule has 0 unspecified atom stereocenters. The fourth-order valence-electron chi connectivity index (χ4n) is 3.41. The first-order chi connectivity index (χ1) is 12.7. The van der Waals surface area contributed by atoms with Crippen molar-refractivity contribution in [2.75, 3.05) is 26.7 Å². The summed E-state index contributed by atoms with van der Waals surface area (Å²) in [5, 5.41) is 7.20. The van der Waals surface area contributed by atoms with Crippen molar-refractivity contribution in [2.24, 2.45) is 10.9 Å². The molecule has 1 aromatic carbocycles.